The van der Waals surface area contributed by atoms with E-state index in [1.165, 1.54) is 0 Å². The number of aliphatic hydroxyl groups is 1. The van der Waals surface area contributed by atoms with Crippen molar-refractivity contribution < 1.29 is 9.63 Å². The Morgan fingerprint density at radius 1 is 1.40 bits per heavy atom. The van der Waals surface area contributed by atoms with E-state index in [-0.39, 0.29) is 12.5 Å². The lowest BCUT2D eigenvalue weighted by Crippen LogP contribution is -2.03. The Kier molecular flexibility index (Phi) is 5.11. The Morgan fingerprint density at radius 2 is 2.13 bits per heavy atom. The fraction of sp³-hybridized carbons (Fsp3) is 0.800. The third-order valence-corrected chi connectivity index (χ3v) is 3.19. The molecule has 0 saturated heterocycles. The molecule has 0 aliphatic carbocycles. The minimum atomic E-state index is 0.233. The van der Waals surface area contributed by atoms with Crippen molar-refractivity contribution in [2.45, 2.75) is 32.4 Å². The molecule has 0 aliphatic heterocycles. The highest BCUT2D eigenvalue weighted by Crippen LogP contribution is 2.16. The van der Waals surface area contributed by atoms with Gasteiger partial charge in [-0.05, 0) is 11.7 Å². The largest absolute Gasteiger partial charge is 0.396 e. The summed E-state index contributed by atoms with van der Waals surface area (Å²) in [5.74, 6) is 3.72. The lowest BCUT2D eigenvalue weighted by Gasteiger charge is -2.04. The maximum absolute atomic E-state index is 8.85. The number of aliphatic hydroxyl groups excluding tert-OH is 1. The Balaban J connectivity index is 2.31. The van der Waals surface area contributed by atoms with Gasteiger partial charge in [-0.25, -0.2) is 0 Å². The van der Waals surface area contributed by atoms with E-state index in [1.807, 2.05) is 20.8 Å². The number of hydrogen-bond donors (Lipinski definition) is 1. The van der Waals surface area contributed by atoms with Crippen LogP contribution in [0.15, 0.2) is 4.52 Å². The van der Waals surface area contributed by atoms with Gasteiger partial charge in [0.15, 0.2) is 5.82 Å². The molecule has 4 nitrogen and oxygen atoms in total. The molecule has 0 fully saturated rings. The van der Waals surface area contributed by atoms with Gasteiger partial charge in [0.2, 0.25) is 5.89 Å². The second-order valence-electron chi connectivity index (χ2n) is 4.01. The third kappa shape index (κ3) is 4.22. The van der Waals surface area contributed by atoms with Crippen molar-refractivity contribution in [2.24, 2.45) is 5.92 Å². The fourth-order valence-electron chi connectivity index (χ4n) is 0.965. The van der Waals surface area contributed by atoms with Crippen LogP contribution in [0.1, 0.15) is 38.4 Å². The molecular formula is C10H18N2O2S. The second kappa shape index (κ2) is 6.12. The summed E-state index contributed by atoms with van der Waals surface area (Å²) in [6.07, 6.45) is 0. The maximum Gasteiger partial charge on any atom is 0.229 e. The van der Waals surface area contributed by atoms with E-state index in [2.05, 4.69) is 10.1 Å². The molecule has 15 heavy (non-hydrogen) atoms. The molecule has 1 aromatic rings. The first kappa shape index (κ1) is 12.5. The monoisotopic (exact) mass is 230 g/mol. The lowest BCUT2D eigenvalue weighted by molar-refractivity contribution is 0.250. The molecule has 0 radical (unpaired) electrons. The molecule has 5 heteroatoms. The van der Waals surface area contributed by atoms with Crippen LogP contribution in [0.25, 0.3) is 0 Å². The van der Waals surface area contributed by atoms with E-state index < -0.39 is 0 Å². The Bertz CT molecular complexity index is 289. The van der Waals surface area contributed by atoms with Gasteiger partial charge in [0, 0.05) is 12.5 Å². The van der Waals surface area contributed by atoms with Crippen LogP contribution in [0.5, 0.6) is 0 Å². The summed E-state index contributed by atoms with van der Waals surface area (Å²) in [5.41, 5.74) is 0. The van der Waals surface area contributed by atoms with Gasteiger partial charge in [0.05, 0.1) is 5.75 Å². The minimum Gasteiger partial charge on any atom is -0.396 e. The van der Waals surface area contributed by atoms with Gasteiger partial charge in [0.25, 0.3) is 0 Å². The first-order valence-electron chi connectivity index (χ1n) is 5.14. The SMILES string of the molecule is CC(CO)CSCc1noc(C(C)C)n1. The predicted molar refractivity (Wildman–Crippen MR) is 60.8 cm³/mol. The first-order valence-corrected chi connectivity index (χ1v) is 6.30. The van der Waals surface area contributed by atoms with Crippen LogP contribution >= 0.6 is 11.8 Å². The van der Waals surface area contributed by atoms with Crippen molar-refractivity contribution in [1.29, 1.82) is 0 Å². The molecule has 1 rings (SSSR count). The zero-order chi connectivity index (χ0) is 11.3. The maximum atomic E-state index is 8.85. The topological polar surface area (TPSA) is 59.2 Å². The van der Waals surface area contributed by atoms with E-state index in [9.17, 15) is 0 Å². The van der Waals surface area contributed by atoms with Gasteiger partial charge >= 0.3 is 0 Å². The van der Waals surface area contributed by atoms with Gasteiger partial charge in [0.1, 0.15) is 0 Å². The molecule has 0 amide bonds. The highest BCUT2D eigenvalue weighted by atomic mass is 32.2. The smallest absolute Gasteiger partial charge is 0.229 e. The number of nitrogens with zero attached hydrogens (tertiary/aromatic N) is 2. The molecule has 86 valence electrons. The quantitative estimate of drug-likeness (QED) is 0.810. The van der Waals surface area contributed by atoms with Crippen LogP contribution in [-0.2, 0) is 5.75 Å². The van der Waals surface area contributed by atoms with Gasteiger partial charge in [-0.2, -0.15) is 16.7 Å². The second-order valence-corrected chi connectivity index (χ2v) is 5.04. The van der Waals surface area contributed by atoms with Crippen LogP contribution < -0.4 is 0 Å². The summed E-state index contributed by atoms with van der Waals surface area (Å²) in [6.45, 7) is 6.30. The van der Waals surface area contributed by atoms with E-state index in [0.717, 1.165) is 17.3 Å². The van der Waals surface area contributed by atoms with Crippen molar-refractivity contribution in [3.8, 4) is 0 Å². The van der Waals surface area contributed by atoms with Crippen LogP contribution in [0, 0.1) is 5.92 Å². The molecule has 0 bridgehead atoms. The number of aromatic nitrogens is 2. The molecule has 0 saturated carbocycles. The minimum absolute atomic E-state index is 0.233. The number of thioether (sulfide) groups is 1. The summed E-state index contributed by atoms with van der Waals surface area (Å²) in [5, 5.41) is 12.7. The average Bonchev–Trinajstić information content (AvgIpc) is 2.66. The summed E-state index contributed by atoms with van der Waals surface area (Å²) in [4.78, 5) is 4.27. The normalized spacial score (nSPS) is 13.4. The molecule has 1 aromatic heterocycles. The van der Waals surface area contributed by atoms with Crippen molar-refractivity contribution >= 4 is 11.8 Å². The molecular weight excluding hydrogens is 212 g/mol. The van der Waals surface area contributed by atoms with Crippen molar-refractivity contribution in [2.75, 3.05) is 12.4 Å². The van der Waals surface area contributed by atoms with Gasteiger partial charge in [-0.3, -0.25) is 0 Å². The summed E-state index contributed by atoms with van der Waals surface area (Å²) >= 11 is 1.72. The van der Waals surface area contributed by atoms with E-state index in [4.69, 9.17) is 9.63 Å². The Hall–Kier alpha value is -0.550. The standard InChI is InChI=1S/C10H18N2O2S/c1-7(2)10-11-9(12-14-10)6-15-5-8(3)4-13/h7-8,13H,4-6H2,1-3H3. The van der Waals surface area contributed by atoms with Gasteiger partial charge in [-0.1, -0.05) is 25.9 Å². The first-order chi connectivity index (χ1) is 7.13. The van der Waals surface area contributed by atoms with Gasteiger partial charge in [-0.15, -0.1) is 0 Å². The number of rotatable bonds is 6. The van der Waals surface area contributed by atoms with E-state index in [0.29, 0.717) is 11.8 Å². The summed E-state index contributed by atoms with van der Waals surface area (Å²) in [7, 11) is 0. The van der Waals surface area contributed by atoms with Gasteiger partial charge < -0.3 is 9.63 Å². The molecule has 0 aliphatic rings. The molecule has 1 N–H and O–H groups in total. The lowest BCUT2D eigenvalue weighted by atomic mass is 10.2. The molecule has 0 spiro atoms. The fourth-order valence-corrected chi connectivity index (χ4v) is 1.89. The Labute approximate surface area is 94.5 Å². The molecule has 1 unspecified atom stereocenters. The predicted octanol–water partition coefficient (Wildman–Crippen LogP) is 2.05. The zero-order valence-corrected chi connectivity index (χ0v) is 10.3. The third-order valence-electron chi connectivity index (χ3n) is 1.92. The van der Waals surface area contributed by atoms with E-state index >= 15 is 0 Å². The molecule has 1 atom stereocenters. The van der Waals surface area contributed by atoms with Crippen LogP contribution in [0.3, 0.4) is 0 Å². The zero-order valence-electron chi connectivity index (χ0n) is 9.43. The van der Waals surface area contributed by atoms with Crippen molar-refractivity contribution in [3.63, 3.8) is 0 Å². The van der Waals surface area contributed by atoms with Crippen LogP contribution in [0.2, 0.25) is 0 Å². The molecule has 1 heterocycles. The average molecular weight is 230 g/mol. The van der Waals surface area contributed by atoms with Crippen LogP contribution in [0.4, 0.5) is 0 Å². The summed E-state index contributed by atoms with van der Waals surface area (Å²) < 4.78 is 5.09. The summed E-state index contributed by atoms with van der Waals surface area (Å²) in [6, 6.07) is 0. The highest BCUT2D eigenvalue weighted by molar-refractivity contribution is 7.98. The number of hydrogen-bond acceptors (Lipinski definition) is 5. The Morgan fingerprint density at radius 3 is 2.67 bits per heavy atom. The molecule has 0 aromatic carbocycles. The van der Waals surface area contributed by atoms with Crippen LogP contribution in [-0.4, -0.2) is 27.6 Å². The van der Waals surface area contributed by atoms with E-state index in [1.54, 1.807) is 11.8 Å². The van der Waals surface area contributed by atoms with Crippen molar-refractivity contribution in [1.82, 2.24) is 10.1 Å². The van der Waals surface area contributed by atoms with Crippen molar-refractivity contribution in [3.05, 3.63) is 11.7 Å². The highest BCUT2D eigenvalue weighted by Gasteiger charge is 2.10.